The lowest BCUT2D eigenvalue weighted by molar-refractivity contribution is 0.00446. The predicted molar refractivity (Wildman–Crippen MR) is 123 cm³/mol. The van der Waals surface area contributed by atoms with Crippen LogP contribution in [-0.4, -0.2) is 60.1 Å². The van der Waals surface area contributed by atoms with Gasteiger partial charge in [0.1, 0.15) is 16.9 Å². The lowest BCUT2D eigenvalue weighted by atomic mass is 10.1. The first-order valence-corrected chi connectivity index (χ1v) is 11.1. The van der Waals surface area contributed by atoms with E-state index < -0.39 is 24.2 Å². The average molecular weight is 451 g/mol. The van der Waals surface area contributed by atoms with Gasteiger partial charge in [0.2, 0.25) is 5.95 Å². The van der Waals surface area contributed by atoms with Gasteiger partial charge in [-0.2, -0.15) is 4.98 Å². The number of thiazole rings is 1. The van der Waals surface area contributed by atoms with E-state index >= 15 is 0 Å². The first kappa shape index (κ1) is 20.7. The number of fused-ring (bicyclic) bond motifs is 1. The highest BCUT2D eigenvalue weighted by Gasteiger charge is 2.41. The second-order valence-electron chi connectivity index (χ2n) is 7.72. The SMILES string of the molecule is OC[C@H]1C[C@@H](Nc2nc(Nc3cccnc3)ncc2-c2nc3ccccc3s2)[C@H](O)[C@@H]1O. The molecule has 5 rings (SSSR count). The van der Waals surface area contributed by atoms with Crippen molar-refractivity contribution < 1.29 is 15.3 Å². The van der Waals surface area contributed by atoms with Crippen LogP contribution in [0.4, 0.5) is 17.5 Å². The third-order valence-electron chi connectivity index (χ3n) is 5.59. The molecule has 9 nitrogen and oxygen atoms in total. The van der Waals surface area contributed by atoms with Crippen LogP contribution >= 0.6 is 11.3 Å². The summed E-state index contributed by atoms with van der Waals surface area (Å²) in [5, 5.41) is 37.4. The number of aliphatic hydroxyl groups is 3. The maximum atomic E-state index is 10.5. The molecule has 1 fully saturated rings. The topological polar surface area (TPSA) is 136 Å². The van der Waals surface area contributed by atoms with Crippen LogP contribution < -0.4 is 10.6 Å². The normalized spacial score (nSPS) is 22.8. The number of hydrogen-bond acceptors (Lipinski definition) is 10. The van der Waals surface area contributed by atoms with E-state index in [1.54, 1.807) is 18.6 Å². The van der Waals surface area contributed by atoms with Crippen LogP contribution in [0.15, 0.2) is 55.0 Å². The van der Waals surface area contributed by atoms with Crippen LogP contribution in [-0.2, 0) is 0 Å². The second kappa shape index (κ2) is 8.75. The highest BCUT2D eigenvalue weighted by atomic mass is 32.1. The minimum atomic E-state index is -1.03. The Morgan fingerprint density at radius 3 is 2.66 bits per heavy atom. The van der Waals surface area contributed by atoms with E-state index in [9.17, 15) is 15.3 Å². The fourth-order valence-electron chi connectivity index (χ4n) is 3.89. The molecule has 4 atom stereocenters. The molecular weight excluding hydrogens is 428 g/mol. The summed E-state index contributed by atoms with van der Waals surface area (Å²) in [5.74, 6) is 0.445. The van der Waals surface area contributed by atoms with Crippen molar-refractivity contribution in [3.05, 3.63) is 55.0 Å². The molecule has 0 amide bonds. The van der Waals surface area contributed by atoms with Crippen LogP contribution in [0.5, 0.6) is 0 Å². The average Bonchev–Trinajstić information content (AvgIpc) is 3.36. The van der Waals surface area contributed by atoms with Crippen LogP contribution in [0, 0.1) is 5.92 Å². The maximum Gasteiger partial charge on any atom is 0.229 e. The predicted octanol–water partition coefficient (Wildman–Crippen LogP) is 2.41. The second-order valence-corrected chi connectivity index (χ2v) is 8.75. The van der Waals surface area contributed by atoms with Gasteiger partial charge in [-0.05, 0) is 30.7 Å². The number of aliphatic hydroxyl groups excluding tert-OH is 3. The van der Waals surface area contributed by atoms with Gasteiger partial charge < -0.3 is 26.0 Å². The van der Waals surface area contributed by atoms with Gasteiger partial charge in [0.05, 0.1) is 39.8 Å². The molecule has 0 bridgehead atoms. The highest BCUT2D eigenvalue weighted by Crippen LogP contribution is 2.36. The van der Waals surface area contributed by atoms with E-state index in [0.29, 0.717) is 23.8 Å². The largest absolute Gasteiger partial charge is 0.396 e. The number of benzene rings is 1. The fraction of sp³-hybridized carbons (Fsp3) is 0.273. The number of hydrogen-bond donors (Lipinski definition) is 5. The number of nitrogens with one attached hydrogen (secondary N) is 2. The Balaban J connectivity index is 1.52. The summed E-state index contributed by atoms with van der Waals surface area (Å²) >= 11 is 1.53. The smallest absolute Gasteiger partial charge is 0.229 e. The summed E-state index contributed by atoms with van der Waals surface area (Å²) in [5.41, 5.74) is 2.31. The molecule has 0 aliphatic heterocycles. The number of para-hydroxylation sites is 1. The molecule has 4 aromatic rings. The Kier molecular flexibility index (Phi) is 5.66. The monoisotopic (exact) mass is 450 g/mol. The molecule has 10 heteroatoms. The van der Waals surface area contributed by atoms with E-state index in [-0.39, 0.29) is 6.61 Å². The summed E-state index contributed by atoms with van der Waals surface area (Å²) in [6.45, 7) is -0.196. The number of aromatic nitrogens is 4. The zero-order valence-corrected chi connectivity index (χ0v) is 17.8. The number of anilines is 3. The summed E-state index contributed by atoms with van der Waals surface area (Å²) in [4.78, 5) is 17.9. The van der Waals surface area contributed by atoms with Gasteiger partial charge in [-0.3, -0.25) is 4.98 Å². The van der Waals surface area contributed by atoms with Crippen LogP contribution in [0.1, 0.15) is 6.42 Å². The van der Waals surface area contributed by atoms with Gasteiger partial charge in [0, 0.05) is 24.9 Å². The van der Waals surface area contributed by atoms with Crippen molar-refractivity contribution in [3.63, 3.8) is 0 Å². The van der Waals surface area contributed by atoms with Crippen molar-refractivity contribution in [1.82, 2.24) is 19.9 Å². The molecule has 0 saturated heterocycles. The minimum absolute atomic E-state index is 0.196. The van der Waals surface area contributed by atoms with Crippen molar-refractivity contribution in [2.45, 2.75) is 24.7 Å². The molecule has 3 aromatic heterocycles. The molecule has 0 radical (unpaired) electrons. The Morgan fingerprint density at radius 2 is 1.91 bits per heavy atom. The number of rotatable bonds is 6. The van der Waals surface area contributed by atoms with Crippen molar-refractivity contribution >= 4 is 39.0 Å². The summed E-state index contributed by atoms with van der Waals surface area (Å²) < 4.78 is 1.04. The minimum Gasteiger partial charge on any atom is -0.396 e. The quantitative estimate of drug-likeness (QED) is 0.300. The zero-order chi connectivity index (χ0) is 22.1. The van der Waals surface area contributed by atoms with Crippen molar-refractivity contribution in [3.8, 4) is 10.6 Å². The zero-order valence-electron chi connectivity index (χ0n) is 17.0. The molecule has 0 unspecified atom stereocenters. The molecule has 1 saturated carbocycles. The van der Waals surface area contributed by atoms with Crippen LogP contribution in [0.3, 0.4) is 0 Å². The number of nitrogens with zero attached hydrogens (tertiary/aromatic N) is 4. The molecule has 1 aliphatic carbocycles. The Hall–Kier alpha value is -3.18. The van der Waals surface area contributed by atoms with Crippen LogP contribution in [0.25, 0.3) is 20.8 Å². The molecule has 1 aromatic carbocycles. The van der Waals surface area contributed by atoms with E-state index in [0.717, 1.165) is 20.9 Å². The third kappa shape index (κ3) is 4.00. The lowest BCUT2D eigenvalue weighted by Crippen LogP contribution is -2.35. The lowest BCUT2D eigenvalue weighted by Gasteiger charge is -2.20. The third-order valence-corrected chi connectivity index (χ3v) is 6.66. The maximum absolute atomic E-state index is 10.5. The molecule has 32 heavy (non-hydrogen) atoms. The van der Waals surface area contributed by atoms with Gasteiger partial charge in [0.15, 0.2) is 0 Å². The van der Waals surface area contributed by atoms with Gasteiger partial charge in [-0.1, -0.05) is 12.1 Å². The number of pyridine rings is 1. The summed E-state index contributed by atoms with van der Waals surface area (Å²) in [7, 11) is 0. The van der Waals surface area contributed by atoms with Crippen LogP contribution in [0.2, 0.25) is 0 Å². The van der Waals surface area contributed by atoms with Gasteiger partial charge >= 0.3 is 0 Å². The molecule has 0 spiro atoms. The Morgan fingerprint density at radius 1 is 1.03 bits per heavy atom. The van der Waals surface area contributed by atoms with Crippen molar-refractivity contribution in [2.24, 2.45) is 5.92 Å². The fourth-order valence-corrected chi connectivity index (χ4v) is 4.86. The van der Waals surface area contributed by atoms with Gasteiger partial charge in [-0.25, -0.2) is 9.97 Å². The molecule has 1 aliphatic rings. The van der Waals surface area contributed by atoms with E-state index in [1.165, 1.54) is 11.3 Å². The molecule has 3 heterocycles. The highest BCUT2D eigenvalue weighted by molar-refractivity contribution is 7.21. The summed E-state index contributed by atoms with van der Waals surface area (Å²) in [6, 6.07) is 11.0. The summed E-state index contributed by atoms with van der Waals surface area (Å²) in [6.07, 6.45) is 3.42. The van der Waals surface area contributed by atoms with E-state index in [2.05, 4.69) is 25.6 Å². The molecule has 164 valence electrons. The first-order chi connectivity index (χ1) is 15.6. The van der Waals surface area contributed by atoms with E-state index in [4.69, 9.17) is 4.98 Å². The van der Waals surface area contributed by atoms with Crippen molar-refractivity contribution in [1.29, 1.82) is 0 Å². The Labute approximate surface area is 187 Å². The molecule has 5 N–H and O–H groups in total. The van der Waals surface area contributed by atoms with Crippen molar-refractivity contribution in [2.75, 3.05) is 17.2 Å². The first-order valence-electron chi connectivity index (χ1n) is 10.3. The molecular formula is C22H22N6O3S. The van der Waals surface area contributed by atoms with Gasteiger partial charge in [-0.15, -0.1) is 11.3 Å². The Bertz CT molecular complexity index is 1190. The standard InChI is InChI=1S/C22H22N6O3S/c29-11-12-8-16(19(31)18(12)30)26-20-14(21-27-15-5-1-2-6-17(15)32-21)10-24-22(28-20)25-13-4-3-7-23-9-13/h1-7,9-10,12,16,18-19,29-31H,8,11H2,(H2,24,25,26,28)/t12-,16-,18-,19+/m1/s1. The van der Waals surface area contributed by atoms with E-state index in [1.807, 2.05) is 36.4 Å². The van der Waals surface area contributed by atoms with Gasteiger partial charge in [0.25, 0.3) is 0 Å².